The Morgan fingerprint density at radius 2 is 2.04 bits per heavy atom. The van der Waals surface area contributed by atoms with Crippen LogP contribution in [0.3, 0.4) is 0 Å². The zero-order chi connectivity index (χ0) is 16.0. The van der Waals surface area contributed by atoms with E-state index in [2.05, 4.69) is 39.5 Å². The van der Waals surface area contributed by atoms with Crippen molar-refractivity contribution >= 4 is 21.6 Å². The van der Waals surface area contributed by atoms with E-state index in [0.29, 0.717) is 11.6 Å². The maximum absolute atomic E-state index is 14.5. The average molecular weight is 374 g/mol. The molecule has 0 bridgehead atoms. The Morgan fingerprint density at radius 3 is 2.87 bits per heavy atom. The van der Waals surface area contributed by atoms with Crippen LogP contribution < -0.4 is 10.1 Å². The van der Waals surface area contributed by atoms with Gasteiger partial charge in [-0.3, -0.25) is 0 Å². The number of halogens is 2. The Hall–Kier alpha value is -1.81. The summed E-state index contributed by atoms with van der Waals surface area (Å²) in [4.78, 5) is 0. The van der Waals surface area contributed by atoms with Crippen molar-refractivity contribution in [1.82, 2.24) is 0 Å². The summed E-state index contributed by atoms with van der Waals surface area (Å²) in [5, 5.41) is 3.44. The molecule has 4 heteroatoms. The first-order valence-corrected chi connectivity index (χ1v) is 8.53. The SMILES string of the molecule is COc1ccccc1[C@@H]1Nc2c(F)cc(Br)cc2[C@H]2C=CC[C@@H]21. The summed E-state index contributed by atoms with van der Waals surface area (Å²) in [6.07, 6.45) is 5.39. The summed E-state index contributed by atoms with van der Waals surface area (Å²) in [6.45, 7) is 0. The molecule has 1 N–H and O–H groups in total. The quantitative estimate of drug-likeness (QED) is 0.709. The first-order valence-electron chi connectivity index (χ1n) is 7.74. The topological polar surface area (TPSA) is 21.3 Å². The van der Waals surface area contributed by atoms with Crippen LogP contribution in [0.5, 0.6) is 5.75 Å². The number of hydrogen-bond donors (Lipinski definition) is 1. The molecular weight excluding hydrogens is 357 g/mol. The van der Waals surface area contributed by atoms with Crippen molar-refractivity contribution in [2.45, 2.75) is 18.4 Å². The Kier molecular flexibility index (Phi) is 3.64. The van der Waals surface area contributed by atoms with Crippen molar-refractivity contribution in [3.05, 3.63) is 70.0 Å². The van der Waals surface area contributed by atoms with E-state index in [1.54, 1.807) is 7.11 Å². The highest BCUT2D eigenvalue weighted by Gasteiger charge is 2.40. The molecular formula is C19H17BrFNO. The molecule has 23 heavy (non-hydrogen) atoms. The maximum Gasteiger partial charge on any atom is 0.147 e. The molecule has 0 unspecified atom stereocenters. The van der Waals surface area contributed by atoms with Crippen LogP contribution in [0.1, 0.15) is 29.5 Å². The molecule has 0 spiro atoms. The van der Waals surface area contributed by atoms with Crippen molar-refractivity contribution in [3.63, 3.8) is 0 Å². The first kappa shape index (κ1) is 14.8. The van der Waals surface area contributed by atoms with Crippen LogP contribution in [-0.2, 0) is 0 Å². The highest BCUT2D eigenvalue weighted by Crippen LogP contribution is 2.52. The van der Waals surface area contributed by atoms with Gasteiger partial charge in [0.25, 0.3) is 0 Å². The lowest BCUT2D eigenvalue weighted by molar-refractivity contribution is 0.379. The van der Waals surface area contributed by atoms with Crippen LogP contribution in [0.25, 0.3) is 0 Å². The second-order valence-electron chi connectivity index (χ2n) is 6.07. The van der Waals surface area contributed by atoms with Gasteiger partial charge in [0, 0.05) is 16.0 Å². The second kappa shape index (κ2) is 5.68. The number of anilines is 1. The standard InChI is InChI=1S/C19H17BrFNO/c1-23-17-8-3-2-5-14(17)18-13-7-4-6-12(13)15-9-11(20)10-16(21)19(15)22-18/h2-6,8-10,12-13,18,22H,7H2,1H3/t12-,13-,18+/m0/s1. The van der Waals surface area contributed by atoms with Gasteiger partial charge in [-0.15, -0.1) is 0 Å². The van der Waals surface area contributed by atoms with Crippen molar-refractivity contribution in [2.24, 2.45) is 5.92 Å². The maximum atomic E-state index is 14.5. The molecule has 4 rings (SSSR count). The second-order valence-corrected chi connectivity index (χ2v) is 6.98. The van der Waals surface area contributed by atoms with E-state index in [9.17, 15) is 4.39 Å². The first-order chi connectivity index (χ1) is 11.2. The van der Waals surface area contributed by atoms with Crippen LogP contribution in [0.4, 0.5) is 10.1 Å². The number of benzene rings is 2. The Bertz CT molecular complexity index is 789. The number of hydrogen-bond acceptors (Lipinski definition) is 2. The molecule has 0 fully saturated rings. The molecule has 2 aromatic carbocycles. The van der Waals surface area contributed by atoms with Crippen LogP contribution in [0.2, 0.25) is 0 Å². The summed E-state index contributed by atoms with van der Waals surface area (Å²) in [6, 6.07) is 11.6. The normalized spacial score (nSPS) is 24.7. The summed E-state index contributed by atoms with van der Waals surface area (Å²) in [5.74, 6) is 1.23. The number of methoxy groups -OCH3 is 1. The lowest BCUT2D eigenvalue weighted by atomic mass is 9.77. The number of rotatable bonds is 2. The summed E-state index contributed by atoms with van der Waals surface area (Å²) < 4.78 is 20.8. The van der Waals surface area contributed by atoms with Gasteiger partial charge in [0.15, 0.2) is 0 Å². The Labute approximate surface area is 143 Å². The molecule has 0 amide bonds. The summed E-state index contributed by atoms with van der Waals surface area (Å²) in [7, 11) is 1.68. The number of para-hydroxylation sites is 1. The number of fused-ring (bicyclic) bond motifs is 3. The van der Waals surface area contributed by atoms with E-state index in [1.807, 2.05) is 24.3 Å². The highest BCUT2D eigenvalue weighted by molar-refractivity contribution is 9.10. The fraction of sp³-hybridized carbons (Fsp3) is 0.263. The lowest BCUT2D eigenvalue weighted by Crippen LogP contribution is -2.30. The highest BCUT2D eigenvalue weighted by atomic mass is 79.9. The lowest BCUT2D eigenvalue weighted by Gasteiger charge is -2.38. The van der Waals surface area contributed by atoms with E-state index >= 15 is 0 Å². The van der Waals surface area contributed by atoms with Crippen molar-refractivity contribution in [2.75, 3.05) is 12.4 Å². The van der Waals surface area contributed by atoms with Gasteiger partial charge in [-0.2, -0.15) is 0 Å². The minimum Gasteiger partial charge on any atom is -0.496 e. The van der Waals surface area contributed by atoms with Crippen LogP contribution in [0, 0.1) is 11.7 Å². The Balaban J connectivity index is 1.85. The third-order valence-corrected chi connectivity index (χ3v) is 5.32. The third-order valence-electron chi connectivity index (χ3n) is 4.86. The van der Waals surface area contributed by atoms with Crippen molar-refractivity contribution < 1.29 is 9.13 Å². The predicted octanol–water partition coefficient (Wildman–Crippen LogP) is 5.42. The fourth-order valence-corrected chi connectivity index (χ4v) is 4.30. The Morgan fingerprint density at radius 1 is 1.22 bits per heavy atom. The average Bonchev–Trinajstić information content (AvgIpc) is 3.04. The largest absolute Gasteiger partial charge is 0.496 e. The van der Waals surface area contributed by atoms with Crippen LogP contribution >= 0.6 is 15.9 Å². The molecule has 0 saturated heterocycles. The molecule has 0 aromatic heterocycles. The van der Waals surface area contributed by atoms with E-state index < -0.39 is 0 Å². The van der Waals surface area contributed by atoms with Gasteiger partial charge in [-0.1, -0.05) is 46.3 Å². The number of ether oxygens (including phenoxy) is 1. The molecule has 1 aliphatic carbocycles. The van der Waals surface area contributed by atoms with E-state index in [0.717, 1.165) is 27.8 Å². The van der Waals surface area contributed by atoms with Gasteiger partial charge in [0.05, 0.1) is 18.8 Å². The molecule has 2 aromatic rings. The minimum atomic E-state index is -0.215. The molecule has 3 atom stereocenters. The van der Waals surface area contributed by atoms with E-state index in [1.165, 1.54) is 6.07 Å². The fourth-order valence-electron chi connectivity index (χ4n) is 3.85. The van der Waals surface area contributed by atoms with Crippen LogP contribution in [0.15, 0.2) is 53.0 Å². The molecule has 2 nitrogen and oxygen atoms in total. The van der Waals surface area contributed by atoms with Gasteiger partial charge in [0.2, 0.25) is 0 Å². The predicted molar refractivity (Wildman–Crippen MR) is 93.4 cm³/mol. The van der Waals surface area contributed by atoms with Crippen molar-refractivity contribution in [1.29, 1.82) is 0 Å². The van der Waals surface area contributed by atoms with Gasteiger partial charge in [-0.25, -0.2) is 4.39 Å². The molecule has 2 aliphatic rings. The number of allylic oxidation sites excluding steroid dienone is 2. The number of nitrogens with one attached hydrogen (secondary N) is 1. The molecule has 1 aliphatic heterocycles. The van der Waals surface area contributed by atoms with E-state index in [-0.39, 0.29) is 17.8 Å². The summed E-state index contributed by atoms with van der Waals surface area (Å²) in [5.41, 5.74) is 2.72. The third kappa shape index (κ3) is 2.36. The van der Waals surface area contributed by atoms with Crippen LogP contribution in [-0.4, -0.2) is 7.11 Å². The van der Waals surface area contributed by atoms with Gasteiger partial charge < -0.3 is 10.1 Å². The van der Waals surface area contributed by atoms with Crippen molar-refractivity contribution in [3.8, 4) is 5.75 Å². The summed E-state index contributed by atoms with van der Waals surface area (Å²) >= 11 is 3.41. The molecule has 0 radical (unpaired) electrons. The minimum absolute atomic E-state index is 0.0364. The van der Waals surface area contributed by atoms with Gasteiger partial charge in [-0.05, 0) is 36.1 Å². The molecule has 0 saturated carbocycles. The smallest absolute Gasteiger partial charge is 0.147 e. The molecule has 118 valence electrons. The molecule has 1 heterocycles. The monoisotopic (exact) mass is 373 g/mol. The zero-order valence-electron chi connectivity index (χ0n) is 12.7. The van der Waals surface area contributed by atoms with Gasteiger partial charge >= 0.3 is 0 Å². The van der Waals surface area contributed by atoms with Gasteiger partial charge in [0.1, 0.15) is 11.6 Å². The zero-order valence-corrected chi connectivity index (χ0v) is 14.3. The van der Waals surface area contributed by atoms with E-state index in [4.69, 9.17) is 4.74 Å².